The normalized spacial score (nSPS) is 24.2. The first kappa shape index (κ1) is 13.9. The van der Waals surface area contributed by atoms with Gasteiger partial charge in [0.25, 0.3) is 0 Å². The molecular weight excluding hydrogens is 254 g/mol. The highest BCUT2D eigenvalue weighted by molar-refractivity contribution is 5.45. The van der Waals surface area contributed by atoms with E-state index < -0.39 is 0 Å². The number of rotatable bonds is 4. The van der Waals surface area contributed by atoms with Crippen molar-refractivity contribution < 1.29 is 14.2 Å². The molecule has 110 valence electrons. The molecule has 4 nitrogen and oxygen atoms in total. The van der Waals surface area contributed by atoms with Crippen LogP contribution >= 0.6 is 0 Å². The maximum absolute atomic E-state index is 6.07. The van der Waals surface area contributed by atoms with Gasteiger partial charge in [0.15, 0.2) is 0 Å². The molecule has 2 heterocycles. The molecule has 1 unspecified atom stereocenters. The molecule has 20 heavy (non-hydrogen) atoms. The number of para-hydroxylation sites is 1. The Balaban J connectivity index is 1.57. The number of ether oxygens (including phenoxy) is 3. The monoisotopic (exact) mass is 277 g/mol. The van der Waals surface area contributed by atoms with Gasteiger partial charge in [0.2, 0.25) is 0 Å². The predicted octanol–water partition coefficient (Wildman–Crippen LogP) is 1.91. The second-order valence-electron chi connectivity index (χ2n) is 6.14. The summed E-state index contributed by atoms with van der Waals surface area (Å²) in [5.74, 6) is 1.06. The Morgan fingerprint density at radius 2 is 2.20 bits per heavy atom. The van der Waals surface area contributed by atoms with Crippen LogP contribution < -0.4 is 10.1 Å². The van der Waals surface area contributed by atoms with Gasteiger partial charge >= 0.3 is 0 Å². The van der Waals surface area contributed by atoms with E-state index in [1.807, 2.05) is 0 Å². The van der Waals surface area contributed by atoms with Crippen LogP contribution in [0, 0.1) is 0 Å². The topological polar surface area (TPSA) is 39.7 Å². The summed E-state index contributed by atoms with van der Waals surface area (Å²) >= 11 is 0. The lowest BCUT2D eigenvalue weighted by Crippen LogP contribution is -2.37. The Morgan fingerprint density at radius 1 is 1.30 bits per heavy atom. The van der Waals surface area contributed by atoms with Crippen LogP contribution in [0.3, 0.4) is 0 Å². The zero-order valence-corrected chi connectivity index (χ0v) is 12.3. The highest BCUT2D eigenvalue weighted by Gasteiger charge is 2.31. The van der Waals surface area contributed by atoms with Gasteiger partial charge in [-0.15, -0.1) is 0 Å². The molecule has 0 radical (unpaired) electrons. The predicted molar refractivity (Wildman–Crippen MR) is 77.1 cm³/mol. The molecular formula is C16H23NO3. The fraction of sp³-hybridized carbons (Fsp3) is 0.625. The van der Waals surface area contributed by atoms with E-state index in [1.54, 1.807) is 0 Å². The van der Waals surface area contributed by atoms with Crippen molar-refractivity contribution in [1.29, 1.82) is 0 Å². The summed E-state index contributed by atoms with van der Waals surface area (Å²) < 4.78 is 17.1. The summed E-state index contributed by atoms with van der Waals surface area (Å²) in [6, 6.07) is 6.40. The smallest absolute Gasteiger partial charge is 0.127 e. The fourth-order valence-corrected chi connectivity index (χ4v) is 2.84. The number of benzene rings is 1. The average molecular weight is 277 g/mol. The first-order valence-electron chi connectivity index (χ1n) is 7.34. The van der Waals surface area contributed by atoms with Crippen molar-refractivity contribution in [2.45, 2.75) is 38.5 Å². The van der Waals surface area contributed by atoms with E-state index in [0.717, 1.165) is 25.3 Å². The standard InChI is InChI=1S/C16H23NO3/c1-16(2)8-12-4-3-5-13(15(12)20-16)9-17-10-14-11-18-6-7-19-14/h3-5,14,17H,6-11H2,1-2H3. The van der Waals surface area contributed by atoms with Crippen LogP contribution in [0.1, 0.15) is 25.0 Å². The molecule has 1 atom stereocenters. The Bertz CT molecular complexity index is 467. The minimum atomic E-state index is -0.0846. The van der Waals surface area contributed by atoms with Crippen LogP contribution in [-0.4, -0.2) is 38.1 Å². The van der Waals surface area contributed by atoms with E-state index in [4.69, 9.17) is 14.2 Å². The molecule has 0 amide bonds. The molecule has 1 saturated heterocycles. The number of hydrogen-bond acceptors (Lipinski definition) is 4. The minimum Gasteiger partial charge on any atom is -0.487 e. The lowest BCUT2D eigenvalue weighted by molar-refractivity contribution is -0.0864. The summed E-state index contributed by atoms with van der Waals surface area (Å²) in [5, 5.41) is 3.44. The third kappa shape index (κ3) is 3.14. The van der Waals surface area contributed by atoms with Crippen LogP contribution in [0.5, 0.6) is 5.75 Å². The van der Waals surface area contributed by atoms with Crippen molar-refractivity contribution in [2.75, 3.05) is 26.4 Å². The number of fused-ring (bicyclic) bond motifs is 1. The van der Waals surface area contributed by atoms with Gasteiger partial charge in [0.05, 0.1) is 25.9 Å². The molecule has 1 aromatic carbocycles. The SMILES string of the molecule is CC1(C)Cc2cccc(CNCC3COCCO3)c2O1. The molecule has 0 aliphatic carbocycles. The van der Waals surface area contributed by atoms with E-state index in [1.165, 1.54) is 11.1 Å². The van der Waals surface area contributed by atoms with E-state index in [-0.39, 0.29) is 11.7 Å². The van der Waals surface area contributed by atoms with Gasteiger partial charge in [-0.25, -0.2) is 0 Å². The molecule has 0 spiro atoms. The van der Waals surface area contributed by atoms with Crippen molar-refractivity contribution in [2.24, 2.45) is 0 Å². The second-order valence-corrected chi connectivity index (χ2v) is 6.14. The molecule has 0 saturated carbocycles. The molecule has 1 N–H and O–H groups in total. The van der Waals surface area contributed by atoms with Gasteiger partial charge in [-0.3, -0.25) is 0 Å². The third-order valence-electron chi connectivity index (χ3n) is 3.75. The van der Waals surface area contributed by atoms with Crippen LogP contribution in [0.4, 0.5) is 0 Å². The average Bonchev–Trinajstić information content (AvgIpc) is 2.75. The summed E-state index contributed by atoms with van der Waals surface area (Å²) in [7, 11) is 0. The maximum Gasteiger partial charge on any atom is 0.127 e. The highest BCUT2D eigenvalue weighted by Crippen LogP contribution is 2.37. The Kier molecular flexibility index (Phi) is 3.96. The summed E-state index contributed by atoms with van der Waals surface area (Å²) in [5.41, 5.74) is 2.45. The number of nitrogens with one attached hydrogen (secondary N) is 1. The molecule has 0 bridgehead atoms. The van der Waals surface area contributed by atoms with Crippen LogP contribution in [0.25, 0.3) is 0 Å². The van der Waals surface area contributed by atoms with E-state index in [0.29, 0.717) is 19.8 Å². The van der Waals surface area contributed by atoms with Crippen molar-refractivity contribution in [3.63, 3.8) is 0 Å². The zero-order valence-electron chi connectivity index (χ0n) is 12.3. The van der Waals surface area contributed by atoms with Gasteiger partial charge in [-0.1, -0.05) is 18.2 Å². The van der Waals surface area contributed by atoms with Crippen LogP contribution in [-0.2, 0) is 22.4 Å². The molecule has 1 fully saturated rings. The Hall–Kier alpha value is -1.10. The summed E-state index contributed by atoms with van der Waals surface area (Å²) in [6.45, 7) is 7.99. The summed E-state index contributed by atoms with van der Waals surface area (Å²) in [6.07, 6.45) is 1.15. The van der Waals surface area contributed by atoms with Gasteiger partial charge in [-0.2, -0.15) is 0 Å². The maximum atomic E-state index is 6.07. The third-order valence-corrected chi connectivity index (χ3v) is 3.75. The van der Waals surface area contributed by atoms with E-state index >= 15 is 0 Å². The number of hydrogen-bond donors (Lipinski definition) is 1. The largest absolute Gasteiger partial charge is 0.487 e. The molecule has 1 aromatic rings. The van der Waals surface area contributed by atoms with E-state index in [9.17, 15) is 0 Å². The van der Waals surface area contributed by atoms with Crippen molar-refractivity contribution in [3.8, 4) is 5.75 Å². The lowest BCUT2D eigenvalue weighted by atomic mass is 10.0. The first-order chi connectivity index (χ1) is 9.64. The quantitative estimate of drug-likeness (QED) is 0.912. The first-order valence-corrected chi connectivity index (χ1v) is 7.34. The van der Waals surface area contributed by atoms with Crippen molar-refractivity contribution in [1.82, 2.24) is 5.32 Å². The summed E-state index contributed by atoms with van der Waals surface area (Å²) in [4.78, 5) is 0. The lowest BCUT2D eigenvalue weighted by Gasteiger charge is -2.23. The van der Waals surface area contributed by atoms with E-state index in [2.05, 4.69) is 37.4 Å². The fourth-order valence-electron chi connectivity index (χ4n) is 2.84. The highest BCUT2D eigenvalue weighted by atomic mass is 16.6. The van der Waals surface area contributed by atoms with Gasteiger partial charge in [-0.05, 0) is 19.4 Å². The molecule has 0 aromatic heterocycles. The minimum absolute atomic E-state index is 0.0846. The Morgan fingerprint density at radius 3 is 3.00 bits per heavy atom. The molecule has 2 aliphatic heterocycles. The Labute approximate surface area is 120 Å². The van der Waals surface area contributed by atoms with Crippen molar-refractivity contribution in [3.05, 3.63) is 29.3 Å². The van der Waals surface area contributed by atoms with Gasteiger partial charge in [0.1, 0.15) is 11.4 Å². The van der Waals surface area contributed by atoms with Gasteiger partial charge in [0, 0.05) is 25.1 Å². The van der Waals surface area contributed by atoms with Crippen LogP contribution in [0.15, 0.2) is 18.2 Å². The zero-order chi connectivity index (χ0) is 14.0. The molecule has 2 aliphatic rings. The van der Waals surface area contributed by atoms with Gasteiger partial charge < -0.3 is 19.5 Å². The molecule has 4 heteroatoms. The second kappa shape index (κ2) is 5.72. The molecule has 3 rings (SSSR count). The van der Waals surface area contributed by atoms with Crippen LogP contribution in [0.2, 0.25) is 0 Å². The van der Waals surface area contributed by atoms with Crippen molar-refractivity contribution >= 4 is 0 Å².